The minimum Gasteiger partial charge on any atom is -0.381 e. The lowest BCUT2D eigenvalue weighted by Gasteiger charge is -2.31. The van der Waals surface area contributed by atoms with E-state index < -0.39 is 0 Å². The number of rotatable bonds is 7. The highest BCUT2D eigenvalue weighted by Gasteiger charge is 2.17. The summed E-state index contributed by atoms with van der Waals surface area (Å²) in [6.45, 7) is 6.06. The van der Waals surface area contributed by atoms with Gasteiger partial charge in [0.25, 0.3) is 0 Å². The highest BCUT2D eigenvalue weighted by molar-refractivity contribution is 4.71. The summed E-state index contributed by atoms with van der Waals surface area (Å²) < 4.78 is 5.37. The summed E-state index contributed by atoms with van der Waals surface area (Å²) >= 11 is 0. The third-order valence-corrected chi connectivity index (χ3v) is 3.45. The van der Waals surface area contributed by atoms with Crippen molar-refractivity contribution in [2.45, 2.75) is 58.0 Å². The van der Waals surface area contributed by atoms with Gasteiger partial charge in [-0.2, -0.15) is 0 Å². The molecule has 1 heterocycles. The summed E-state index contributed by atoms with van der Waals surface area (Å²) in [4.78, 5) is 2.60. The lowest BCUT2D eigenvalue weighted by atomic mass is 10.1. The Labute approximate surface area is 95.0 Å². The van der Waals surface area contributed by atoms with Gasteiger partial charge in [-0.15, -0.1) is 0 Å². The van der Waals surface area contributed by atoms with E-state index in [1.807, 2.05) is 7.11 Å². The minimum absolute atomic E-state index is 0.529. The van der Waals surface area contributed by atoms with Crippen LogP contribution < -0.4 is 0 Å². The van der Waals surface area contributed by atoms with Crippen LogP contribution in [-0.4, -0.2) is 37.7 Å². The molecule has 0 unspecified atom stereocenters. The lowest BCUT2D eigenvalue weighted by molar-refractivity contribution is 0.0407. The van der Waals surface area contributed by atoms with Gasteiger partial charge >= 0.3 is 0 Å². The molecule has 0 bridgehead atoms. The summed E-state index contributed by atoms with van der Waals surface area (Å²) in [6, 6.07) is 0. The van der Waals surface area contributed by atoms with Crippen LogP contribution in [0, 0.1) is 0 Å². The topological polar surface area (TPSA) is 12.5 Å². The maximum atomic E-state index is 5.37. The first-order chi connectivity index (χ1) is 7.36. The van der Waals surface area contributed by atoms with E-state index in [1.165, 1.54) is 64.6 Å². The third-order valence-electron chi connectivity index (χ3n) is 3.45. The molecule has 0 aromatic carbocycles. The summed E-state index contributed by atoms with van der Waals surface area (Å²) in [5, 5.41) is 0. The molecule has 2 heteroatoms. The zero-order chi connectivity index (χ0) is 10.9. The van der Waals surface area contributed by atoms with E-state index in [2.05, 4.69) is 11.8 Å². The average Bonchev–Trinajstić information content (AvgIpc) is 2.30. The van der Waals surface area contributed by atoms with E-state index in [1.54, 1.807) is 0 Å². The molecule has 0 aromatic rings. The summed E-state index contributed by atoms with van der Waals surface area (Å²) in [7, 11) is 1.84. The fourth-order valence-corrected chi connectivity index (χ4v) is 2.31. The van der Waals surface area contributed by atoms with Crippen molar-refractivity contribution in [2.24, 2.45) is 0 Å². The van der Waals surface area contributed by atoms with Gasteiger partial charge in [0.05, 0.1) is 6.10 Å². The molecule has 0 amide bonds. The Bertz CT molecular complexity index is 141. The first kappa shape index (κ1) is 13.0. The van der Waals surface area contributed by atoms with Crippen LogP contribution in [0.2, 0.25) is 0 Å². The normalized spacial score (nSPS) is 19.6. The highest BCUT2D eigenvalue weighted by Crippen LogP contribution is 2.13. The molecule has 0 radical (unpaired) electrons. The van der Waals surface area contributed by atoms with Crippen molar-refractivity contribution in [3.8, 4) is 0 Å². The quantitative estimate of drug-likeness (QED) is 0.603. The van der Waals surface area contributed by atoms with Crippen molar-refractivity contribution >= 4 is 0 Å². The van der Waals surface area contributed by atoms with Crippen LogP contribution in [0.5, 0.6) is 0 Å². The number of hydrogen-bond acceptors (Lipinski definition) is 2. The van der Waals surface area contributed by atoms with Gasteiger partial charge in [0.2, 0.25) is 0 Å². The molecule has 15 heavy (non-hydrogen) atoms. The van der Waals surface area contributed by atoms with E-state index in [9.17, 15) is 0 Å². The first-order valence-corrected chi connectivity index (χ1v) is 6.62. The fourth-order valence-electron chi connectivity index (χ4n) is 2.31. The maximum Gasteiger partial charge on any atom is 0.0595 e. The predicted molar refractivity (Wildman–Crippen MR) is 65.2 cm³/mol. The van der Waals surface area contributed by atoms with Crippen LogP contribution in [0.3, 0.4) is 0 Å². The molecule has 0 spiro atoms. The van der Waals surface area contributed by atoms with Gasteiger partial charge in [-0.1, -0.05) is 32.6 Å². The van der Waals surface area contributed by atoms with Crippen molar-refractivity contribution in [1.82, 2.24) is 4.90 Å². The van der Waals surface area contributed by atoms with Crippen LogP contribution in [0.1, 0.15) is 51.9 Å². The Kier molecular flexibility index (Phi) is 7.03. The van der Waals surface area contributed by atoms with Gasteiger partial charge in [0.15, 0.2) is 0 Å². The molecule has 2 nitrogen and oxygen atoms in total. The largest absolute Gasteiger partial charge is 0.381 e. The molecule has 1 aliphatic rings. The van der Waals surface area contributed by atoms with Crippen molar-refractivity contribution in [1.29, 1.82) is 0 Å². The highest BCUT2D eigenvalue weighted by atomic mass is 16.5. The predicted octanol–water partition coefficient (Wildman–Crippen LogP) is 3.07. The minimum atomic E-state index is 0.529. The summed E-state index contributed by atoms with van der Waals surface area (Å²) in [5.74, 6) is 0. The number of hydrogen-bond donors (Lipinski definition) is 0. The van der Waals surface area contributed by atoms with Gasteiger partial charge in [-0.3, -0.25) is 0 Å². The fraction of sp³-hybridized carbons (Fsp3) is 1.00. The van der Waals surface area contributed by atoms with Crippen LogP contribution in [0.4, 0.5) is 0 Å². The number of piperidine rings is 1. The van der Waals surface area contributed by atoms with Crippen molar-refractivity contribution in [3.05, 3.63) is 0 Å². The van der Waals surface area contributed by atoms with Crippen molar-refractivity contribution in [3.63, 3.8) is 0 Å². The van der Waals surface area contributed by atoms with Gasteiger partial charge in [-0.05, 0) is 25.8 Å². The molecule has 1 rings (SSSR count). The van der Waals surface area contributed by atoms with Gasteiger partial charge in [0, 0.05) is 20.2 Å². The van der Waals surface area contributed by atoms with Gasteiger partial charge in [0.1, 0.15) is 0 Å². The number of unbranched alkanes of at least 4 members (excludes halogenated alkanes) is 4. The Balaban J connectivity index is 1.94. The molecule has 1 aliphatic heterocycles. The molecule has 90 valence electrons. The molecule has 1 saturated heterocycles. The van der Waals surface area contributed by atoms with E-state index in [4.69, 9.17) is 4.74 Å². The smallest absolute Gasteiger partial charge is 0.0595 e. The summed E-state index contributed by atoms with van der Waals surface area (Å²) in [6.07, 6.45) is 9.96. The number of likely N-dealkylation sites (tertiary alicyclic amines) is 1. The Morgan fingerprint density at radius 2 is 1.73 bits per heavy atom. The average molecular weight is 213 g/mol. The lowest BCUT2D eigenvalue weighted by Crippen LogP contribution is -2.37. The van der Waals surface area contributed by atoms with E-state index >= 15 is 0 Å². The zero-order valence-corrected chi connectivity index (χ0v) is 10.5. The second kappa shape index (κ2) is 8.12. The molecular weight excluding hydrogens is 186 g/mol. The van der Waals surface area contributed by atoms with Gasteiger partial charge < -0.3 is 9.64 Å². The maximum absolute atomic E-state index is 5.37. The van der Waals surface area contributed by atoms with Crippen LogP contribution in [-0.2, 0) is 4.74 Å². The van der Waals surface area contributed by atoms with E-state index in [0.29, 0.717) is 6.10 Å². The number of nitrogens with zero attached hydrogens (tertiary/aromatic N) is 1. The van der Waals surface area contributed by atoms with Crippen LogP contribution >= 0.6 is 0 Å². The second-order valence-electron chi connectivity index (χ2n) is 4.69. The van der Waals surface area contributed by atoms with Crippen LogP contribution in [0.15, 0.2) is 0 Å². The number of methoxy groups -OCH3 is 1. The van der Waals surface area contributed by atoms with Crippen molar-refractivity contribution in [2.75, 3.05) is 26.7 Å². The SMILES string of the molecule is CCCCCCCN1CCC(OC)CC1. The number of ether oxygens (including phenoxy) is 1. The molecule has 0 atom stereocenters. The molecular formula is C13H27NO. The van der Waals surface area contributed by atoms with E-state index in [0.717, 1.165) is 0 Å². The molecule has 0 saturated carbocycles. The molecule has 0 aliphatic carbocycles. The standard InChI is InChI=1S/C13H27NO/c1-3-4-5-6-7-10-14-11-8-13(15-2)9-12-14/h13H,3-12H2,1-2H3. The molecule has 0 N–H and O–H groups in total. The zero-order valence-electron chi connectivity index (χ0n) is 10.5. The van der Waals surface area contributed by atoms with E-state index in [-0.39, 0.29) is 0 Å². The Morgan fingerprint density at radius 1 is 1.07 bits per heavy atom. The molecule has 1 fully saturated rings. The van der Waals surface area contributed by atoms with Crippen LogP contribution in [0.25, 0.3) is 0 Å². The first-order valence-electron chi connectivity index (χ1n) is 6.62. The second-order valence-corrected chi connectivity index (χ2v) is 4.69. The molecule has 0 aromatic heterocycles. The monoisotopic (exact) mass is 213 g/mol. The summed E-state index contributed by atoms with van der Waals surface area (Å²) in [5.41, 5.74) is 0. The van der Waals surface area contributed by atoms with Gasteiger partial charge in [-0.25, -0.2) is 0 Å². The third kappa shape index (κ3) is 5.53. The Morgan fingerprint density at radius 3 is 2.33 bits per heavy atom. The van der Waals surface area contributed by atoms with Crippen molar-refractivity contribution < 1.29 is 4.74 Å². The Hall–Kier alpha value is -0.0800.